The van der Waals surface area contributed by atoms with Gasteiger partial charge in [0.05, 0.1) is 11.1 Å². The molecule has 1 N–H and O–H groups in total. The number of amides is 1. The molecule has 2 heterocycles. The second kappa shape index (κ2) is 6.45. The Balaban J connectivity index is 1.93. The van der Waals surface area contributed by atoms with Gasteiger partial charge in [0.1, 0.15) is 8.85 Å². The Morgan fingerprint density at radius 1 is 1.74 bits per heavy atom. The van der Waals surface area contributed by atoms with Gasteiger partial charge < -0.3 is 14.7 Å². The van der Waals surface area contributed by atoms with E-state index in [4.69, 9.17) is 21.4 Å². The van der Waals surface area contributed by atoms with Crippen molar-refractivity contribution in [3.8, 4) is 5.75 Å². The van der Waals surface area contributed by atoms with Crippen LogP contribution in [0.15, 0.2) is 10.5 Å². The molecule has 1 aromatic rings. The van der Waals surface area contributed by atoms with Crippen molar-refractivity contribution in [3.05, 3.63) is 19.4 Å². The summed E-state index contributed by atoms with van der Waals surface area (Å²) in [7, 11) is 0. The van der Waals surface area contributed by atoms with Gasteiger partial charge in [-0.15, -0.1) is 0 Å². The minimum atomic E-state index is -0.868. The van der Waals surface area contributed by atoms with Crippen LogP contribution in [0.25, 0.3) is 0 Å². The average Bonchev–Trinajstić information content (AvgIpc) is 2.81. The zero-order valence-electron chi connectivity index (χ0n) is 9.78. The molecule has 5 nitrogen and oxygen atoms in total. The molecule has 1 aromatic heterocycles. The Bertz CT molecular complexity index is 503. The van der Waals surface area contributed by atoms with Crippen molar-refractivity contribution in [2.24, 2.45) is 5.92 Å². The lowest BCUT2D eigenvalue weighted by molar-refractivity contribution is 0.151. The van der Waals surface area contributed by atoms with Crippen molar-refractivity contribution in [3.63, 3.8) is 0 Å². The summed E-state index contributed by atoms with van der Waals surface area (Å²) >= 11 is 11.2. The maximum absolute atomic E-state index is 10.8. The second-order valence-electron chi connectivity index (χ2n) is 4.24. The van der Waals surface area contributed by atoms with E-state index >= 15 is 0 Å². The van der Waals surface area contributed by atoms with E-state index < -0.39 is 6.09 Å². The third-order valence-electron chi connectivity index (χ3n) is 2.89. The summed E-state index contributed by atoms with van der Waals surface area (Å²) < 4.78 is 7.08. The van der Waals surface area contributed by atoms with Crippen LogP contribution in [-0.2, 0) is 0 Å². The van der Waals surface area contributed by atoms with E-state index in [1.165, 1.54) is 4.90 Å². The molecule has 8 heteroatoms. The largest absolute Gasteiger partial charge is 0.490 e. The summed E-state index contributed by atoms with van der Waals surface area (Å²) in [6, 6.07) is 1.78. The van der Waals surface area contributed by atoms with Gasteiger partial charge >= 0.3 is 6.09 Å². The van der Waals surface area contributed by atoms with Gasteiger partial charge in [-0.1, -0.05) is 11.6 Å². The van der Waals surface area contributed by atoms with Crippen molar-refractivity contribution < 1.29 is 14.6 Å². The number of likely N-dealkylation sites (tertiary alicyclic amines) is 1. The van der Waals surface area contributed by atoms with E-state index in [0.29, 0.717) is 38.8 Å². The fourth-order valence-corrected chi connectivity index (χ4v) is 3.01. The first-order valence-corrected chi connectivity index (χ1v) is 7.84. The summed E-state index contributed by atoms with van der Waals surface area (Å²) in [5, 5.41) is 9.28. The number of halogens is 3. The molecule has 0 aliphatic carbocycles. The van der Waals surface area contributed by atoms with E-state index in [9.17, 15) is 4.79 Å². The summed E-state index contributed by atoms with van der Waals surface area (Å²) in [5.74, 6) is 0.881. The molecule has 1 aliphatic rings. The molecule has 0 bridgehead atoms. The molecule has 0 unspecified atom stereocenters. The Kier molecular flexibility index (Phi) is 5.13. The lowest BCUT2D eigenvalue weighted by Crippen LogP contribution is -2.27. The number of hydrogen-bond donors (Lipinski definition) is 1. The fourth-order valence-electron chi connectivity index (χ4n) is 1.88. The third kappa shape index (κ3) is 3.85. The highest BCUT2D eigenvalue weighted by molar-refractivity contribution is 14.1. The Hall–Kier alpha value is -0.280. The van der Waals surface area contributed by atoms with Gasteiger partial charge in [0, 0.05) is 25.1 Å². The first-order chi connectivity index (χ1) is 8.97. The minimum Gasteiger partial charge on any atom is -0.490 e. The molecule has 1 fully saturated rings. The lowest BCUT2D eigenvalue weighted by atomic mass is 10.1. The van der Waals surface area contributed by atoms with Crippen LogP contribution in [0.1, 0.15) is 6.42 Å². The van der Waals surface area contributed by atoms with Crippen LogP contribution in [0.4, 0.5) is 4.79 Å². The SMILES string of the molecule is O=C(O)N1CC[C@@H](COc2cc(Br)c(Cl)nc2I)C1. The second-order valence-corrected chi connectivity index (χ2v) is 6.48. The maximum atomic E-state index is 10.8. The molecule has 2 rings (SSSR count). The van der Waals surface area contributed by atoms with Gasteiger partial charge in [-0.2, -0.15) is 0 Å². The summed E-state index contributed by atoms with van der Waals surface area (Å²) in [6.07, 6.45) is -0.0431. The van der Waals surface area contributed by atoms with Gasteiger partial charge in [-0.05, 0) is 44.9 Å². The number of carboxylic acid groups (broad SMARTS) is 1. The van der Waals surface area contributed by atoms with Crippen LogP contribution in [0.2, 0.25) is 5.15 Å². The van der Waals surface area contributed by atoms with Crippen molar-refractivity contribution in [1.82, 2.24) is 9.88 Å². The standard InChI is InChI=1S/C11H11BrClIN2O3/c12-7-3-8(10(14)15-9(7)13)19-5-6-1-2-16(4-6)11(17)18/h3,6H,1-2,4-5H2,(H,17,18)/t6-/m1/s1. The molecule has 1 amide bonds. The first kappa shape index (κ1) is 15.1. The van der Waals surface area contributed by atoms with Gasteiger partial charge in [0.25, 0.3) is 0 Å². The molecule has 0 radical (unpaired) electrons. The molecule has 0 saturated carbocycles. The molecule has 0 aromatic carbocycles. The monoisotopic (exact) mass is 460 g/mol. The van der Waals surface area contributed by atoms with Crippen LogP contribution < -0.4 is 4.74 Å². The Morgan fingerprint density at radius 2 is 2.47 bits per heavy atom. The number of carbonyl (C=O) groups is 1. The number of hydrogen-bond acceptors (Lipinski definition) is 3. The van der Waals surface area contributed by atoms with Crippen LogP contribution in [0, 0.1) is 9.62 Å². The number of ether oxygens (including phenoxy) is 1. The van der Waals surface area contributed by atoms with E-state index in [1.54, 1.807) is 6.07 Å². The Labute approximate surface area is 137 Å². The fraction of sp³-hybridized carbons (Fsp3) is 0.455. The van der Waals surface area contributed by atoms with Crippen molar-refractivity contribution in [2.45, 2.75) is 6.42 Å². The molecular weight excluding hydrogens is 450 g/mol. The highest BCUT2D eigenvalue weighted by Crippen LogP contribution is 2.29. The Morgan fingerprint density at radius 3 is 3.11 bits per heavy atom. The smallest absolute Gasteiger partial charge is 0.407 e. The number of rotatable bonds is 3. The maximum Gasteiger partial charge on any atom is 0.407 e. The minimum absolute atomic E-state index is 0.223. The van der Waals surface area contributed by atoms with E-state index in [2.05, 4.69) is 43.5 Å². The predicted molar refractivity (Wildman–Crippen MR) is 82.9 cm³/mol. The van der Waals surface area contributed by atoms with Crippen molar-refractivity contribution in [1.29, 1.82) is 0 Å². The molecule has 1 saturated heterocycles. The normalized spacial score (nSPS) is 18.7. The molecule has 19 heavy (non-hydrogen) atoms. The van der Waals surface area contributed by atoms with Crippen LogP contribution in [0.3, 0.4) is 0 Å². The zero-order valence-corrected chi connectivity index (χ0v) is 14.3. The van der Waals surface area contributed by atoms with Crippen molar-refractivity contribution >= 4 is 56.2 Å². The summed E-state index contributed by atoms with van der Waals surface area (Å²) in [5.41, 5.74) is 0. The number of pyridine rings is 1. The number of nitrogens with zero attached hydrogens (tertiary/aromatic N) is 2. The van der Waals surface area contributed by atoms with Crippen LogP contribution in [-0.4, -0.2) is 40.8 Å². The van der Waals surface area contributed by atoms with Gasteiger partial charge in [-0.25, -0.2) is 9.78 Å². The molecule has 104 valence electrons. The highest BCUT2D eigenvalue weighted by Gasteiger charge is 2.26. The number of aromatic nitrogens is 1. The molecule has 1 atom stereocenters. The highest BCUT2D eigenvalue weighted by atomic mass is 127. The third-order valence-corrected chi connectivity index (χ3v) is 4.78. The van der Waals surface area contributed by atoms with Gasteiger partial charge in [0.2, 0.25) is 0 Å². The quantitative estimate of drug-likeness (QED) is 0.553. The van der Waals surface area contributed by atoms with E-state index in [-0.39, 0.29) is 5.92 Å². The summed E-state index contributed by atoms with van der Waals surface area (Å²) in [6.45, 7) is 1.58. The molecule has 0 spiro atoms. The average molecular weight is 461 g/mol. The lowest BCUT2D eigenvalue weighted by Gasteiger charge is -2.14. The predicted octanol–water partition coefficient (Wildman–Crippen LogP) is 3.48. The van der Waals surface area contributed by atoms with Crippen LogP contribution in [0.5, 0.6) is 5.75 Å². The van der Waals surface area contributed by atoms with Crippen molar-refractivity contribution in [2.75, 3.05) is 19.7 Å². The first-order valence-electron chi connectivity index (χ1n) is 5.59. The summed E-state index contributed by atoms with van der Waals surface area (Å²) in [4.78, 5) is 16.4. The van der Waals surface area contributed by atoms with Gasteiger partial charge in [-0.3, -0.25) is 0 Å². The topological polar surface area (TPSA) is 62.7 Å². The van der Waals surface area contributed by atoms with E-state index in [0.717, 1.165) is 6.42 Å². The van der Waals surface area contributed by atoms with E-state index in [1.807, 2.05) is 0 Å². The zero-order chi connectivity index (χ0) is 14.0. The molecular formula is C11H11BrClIN2O3. The van der Waals surface area contributed by atoms with Gasteiger partial charge in [0.15, 0.2) is 5.75 Å². The van der Waals surface area contributed by atoms with Crippen LogP contribution >= 0.6 is 50.1 Å². The molecule has 1 aliphatic heterocycles.